The zero-order valence-corrected chi connectivity index (χ0v) is 18.7. The van der Waals surface area contributed by atoms with E-state index in [1.54, 1.807) is 4.52 Å². The van der Waals surface area contributed by atoms with Gasteiger partial charge in [0.15, 0.2) is 11.5 Å². The van der Waals surface area contributed by atoms with E-state index < -0.39 is 0 Å². The number of nitrogens with zero attached hydrogens (tertiary/aromatic N) is 6. The number of nitrogen functional groups attached to an aromatic ring is 2. The Hall–Kier alpha value is -2.94. The summed E-state index contributed by atoms with van der Waals surface area (Å²) in [5.74, 6) is 1.88. The van der Waals surface area contributed by atoms with Crippen molar-refractivity contribution >= 4 is 23.2 Å². The number of piperazine rings is 1. The summed E-state index contributed by atoms with van der Waals surface area (Å²) in [6, 6.07) is 2.22. The lowest BCUT2D eigenvalue weighted by molar-refractivity contribution is 0.578. The highest BCUT2D eigenvalue weighted by Gasteiger charge is 2.23. The molecule has 1 aliphatic rings. The Morgan fingerprint density at radius 3 is 2.61 bits per heavy atom. The van der Waals surface area contributed by atoms with Crippen LogP contribution in [0, 0.1) is 6.92 Å². The zero-order valence-electron chi connectivity index (χ0n) is 18.7. The zero-order chi connectivity index (χ0) is 22.0. The molecule has 0 aliphatic carbocycles. The van der Waals surface area contributed by atoms with E-state index >= 15 is 0 Å². The van der Waals surface area contributed by atoms with E-state index in [-0.39, 0.29) is 5.95 Å². The number of fused-ring (bicyclic) bond motifs is 1. The van der Waals surface area contributed by atoms with Gasteiger partial charge in [0.1, 0.15) is 5.82 Å². The van der Waals surface area contributed by atoms with Crippen molar-refractivity contribution in [3.8, 4) is 0 Å². The molecule has 1 saturated heterocycles. The molecule has 4 heterocycles. The van der Waals surface area contributed by atoms with E-state index in [0.29, 0.717) is 23.8 Å². The smallest absolute Gasteiger partial charge is 0.240 e. The topological polar surface area (TPSA) is 123 Å². The predicted molar refractivity (Wildman–Crippen MR) is 124 cm³/mol. The van der Waals surface area contributed by atoms with Crippen molar-refractivity contribution < 1.29 is 0 Å². The first-order valence-corrected chi connectivity index (χ1v) is 11.2. The van der Waals surface area contributed by atoms with Gasteiger partial charge in [-0.15, -0.1) is 5.10 Å². The monoisotopic (exact) mass is 423 g/mol. The standard InChI is InChI=1S/C22H33N9/c1-4-6-16(5-2)18-17(31-21(27-18)19(23)28-22(24)29-31)12-15-11-14(3)20(26-13-15)30-9-7-25-8-10-30/h11,13,16,25H,4-10,12H2,1-3H3,(H4,23,24,28,29). The number of aromatic nitrogens is 5. The van der Waals surface area contributed by atoms with Crippen LogP contribution < -0.4 is 21.7 Å². The number of rotatable bonds is 7. The molecule has 0 aromatic carbocycles. The van der Waals surface area contributed by atoms with Crippen molar-refractivity contribution in [2.24, 2.45) is 0 Å². The van der Waals surface area contributed by atoms with Crippen LogP contribution in [0.2, 0.25) is 0 Å². The number of anilines is 3. The van der Waals surface area contributed by atoms with Crippen LogP contribution in [0.25, 0.3) is 5.65 Å². The van der Waals surface area contributed by atoms with Crippen LogP contribution in [-0.4, -0.2) is 50.7 Å². The highest BCUT2D eigenvalue weighted by Crippen LogP contribution is 2.31. The molecule has 3 aromatic rings. The number of pyridine rings is 1. The average molecular weight is 424 g/mol. The first-order valence-electron chi connectivity index (χ1n) is 11.2. The van der Waals surface area contributed by atoms with Crippen LogP contribution in [-0.2, 0) is 6.42 Å². The summed E-state index contributed by atoms with van der Waals surface area (Å²) < 4.78 is 1.78. The molecule has 9 heteroatoms. The molecule has 0 spiro atoms. The van der Waals surface area contributed by atoms with Crippen LogP contribution in [0.3, 0.4) is 0 Å². The van der Waals surface area contributed by atoms with Crippen molar-refractivity contribution in [1.82, 2.24) is 29.9 Å². The number of nitrogens with one attached hydrogen (secondary N) is 1. The second-order valence-corrected chi connectivity index (χ2v) is 8.33. The van der Waals surface area contributed by atoms with Gasteiger partial charge in [-0.1, -0.05) is 26.3 Å². The summed E-state index contributed by atoms with van der Waals surface area (Å²) in [4.78, 5) is 16.1. The Bertz CT molecular complexity index is 1050. The molecular formula is C22H33N9. The Morgan fingerprint density at radius 1 is 1.16 bits per heavy atom. The van der Waals surface area contributed by atoms with Crippen LogP contribution in [0.1, 0.15) is 61.5 Å². The van der Waals surface area contributed by atoms with Crippen molar-refractivity contribution in [3.05, 3.63) is 34.8 Å². The van der Waals surface area contributed by atoms with Gasteiger partial charge in [0.2, 0.25) is 5.95 Å². The summed E-state index contributed by atoms with van der Waals surface area (Å²) in [7, 11) is 0. The minimum Gasteiger partial charge on any atom is -0.380 e. The van der Waals surface area contributed by atoms with E-state index in [4.69, 9.17) is 21.4 Å². The molecule has 1 aliphatic heterocycles. The summed E-state index contributed by atoms with van der Waals surface area (Å²) in [5, 5.41) is 7.84. The fourth-order valence-corrected chi connectivity index (χ4v) is 4.53. The molecule has 1 unspecified atom stereocenters. The molecule has 0 radical (unpaired) electrons. The lowest BCUT2D eigenvalue weighted by Gasteiger charge is -2.29. The maximum absolute atomic E-state index is 6.14. The highest BCUT2D eigenvalue weighted by molar-refractivity contribution is 5.62. The van der Waals surface area contributed by atoms with Gasteiger partial charge in [0, 0.05) is 44.7 Å². The summed E-state index contributed by atoms with van der Waals surface area (Å²) in [5.41, 5.74) is 17.0. The maximum atomic E-state index is 6.14. The van der Waals surface area contributed by atoms with Crippen LogP contribution in [0.5, 0.6) is 0 Å². The molecule has 5 N–H and O–H groups in total. The minimum absolute atomic E-state index is 0.155. The van der Waals surface area contributed by atoms with Crippen LogP contribution in [0.15, 0.2) is 12.3 Å². The molecule has 3 aromatic heterocycles. The van der Waals surface area contributed by atoms with Gasteiger partial charge in [-0.3, -0.25) is 0 Å². The second-order valence-electron chi connectivity index (χ2n) is 8.33. The van der Waals surface area contributed by atoms with Crippen molar-refractivity contribution in [3.63, 3.8) is 0 Å². The second kappa shape index (κ2) is 9.05. The van der Waals surface area contributed by atoms with Gasteiger partial charge in [-0.05, 0) is 30.9 Å². The van der Waals surface area contributed by atoms with Crippen LogP contribution in [0.4, 0.5) is 17.6 Å². The lowest BCUT2D eigenvalue weighted by Crippen LogP contribution is -2.44. The fourth-order valence-electron chi connectivity index (χ4n) is 4.53. The van der Waals surface area contributed by atoms with E-state index in [1.807, 2.05) is 6.20 Å². The normalized spacial score (nSPS) is 15.5. The molecule has 0 saturated carbocycles. The van der Waals surface area contributed by atoms with Crippen LogP contribution >= 0.6 is 0 Å². The van der Waals surface area contributed by atoms with Gasteiger partial charge in [0.05, 0.1) is 11.4 Å². The third-order valence-corrected chi connectivity index (χ3v) is 6.06. The molecular weight excluding hydrogens is 390 g/mol. The number of hydrogen-bond acceptors (Lipinski definition) is 8. The number of aryl methyl sites for hydroxylation is 1. The first-order chi connectivity index (χ1) is 15.0. The third-order valence-electron chi connectivity index (χ3n) is 6.06. The Kier molecular flexibility index (Phi) is 6.22. The molecule has 0 amide bonds. The summed E-state index contributed by atoms with van der Waals surface area (Å²) in [6.45, 7) is 10.5. The first kappa shape index (κ1) is 21.3. The summed E-state index contributed by atoms with van der Waals surface area (Å²) in [6.07, 6.45) is 5.81. The molecule has 0 bridgehead atoms. The Balaban J connectivity index is 1.73. The molecule has 1 atom stereocenters. The average Bonchev–Trinajstić information content (AvgIpc) is 3.11. The molecule has 31 heavy (non-hydrogen) atoms. The molecule has 9 nitrogen and oxygen atoms in total. The fraction of sp³-hybridized carbons (Fsp3) is 0.545. The largest absolute Gasteiger partial charge is 0.380 e. The van der Waals surface area contributed by atoms with Gasteiger partial charge in [-0.25, -0.2) is 14.5 Å². The third kappa shape index (κ3) is 4.27. The van der Waals surface area contributed by atoms with Gasteiger partial charge >= 0.3 is 0 Å². The van der Waals surface area contributed by atoms with E-state index in [1.165, 1.54) is 5.56 Å². The summed E-state index contributed by atoms with van der Waals surface area (Å²) >= 11 is 0. The van der Waals surface area contributed by atoms with Crippen molar-refractivity contribution in [2.45, 2.75) is 52.4 Å². The van der Waals surface area contributed by atoms with Gasteiger partial charge in [-0.2, -0.15) is 4.98 Å². The minimum atomic E-state index is 0.155. The Labute approximate surface area is 183 Å². The number of hydrogen-bond donors (Lipinski definition) is 3. The SMILES string of the molecule is CCCC(CC)c1nc2c(N)nc(N)nn2c1Cc1cnc(N2CCNCC2)c(C)c1. The molecule has 1 fully saturated rings. The quantitative estimate of drug-likeness (QED) is 0.529. The highest BCUT2D eigenvalue weighted by atomic mass is 15.3. The molecule has 166 valence electrons. The number of imidazole rings is 1. The van der Waals surface area contributed by atoms with E-state index in [9.17, 15) is 0 Å². The Morgan fingerprint density at radius 2 is 1.94 bits per heavy atom. The van der Waals surface area contributed by atoms with E-state index in [2.05, 4.69) is 47.1 Å². The van der Waals surface area contributed by atoms with Gasteiger partial charge in [0.25, 0.3) is 0 Å². The maximum Gasteiger partial charge on any atom is 0.240 e. The molecule has 4 rings (SSSR count). The lowest BCUT2D eigenvalue weighted by atomic mass is 9.94. The van der Waals surface area contributed by atoms with Crippen molar-refractivity contribution in [1.29, 1.82) is 0 Å². The number of nitrogens with two attached hydrogens (primary N) is 2. The van der Waals surface area contributed by atoms with Gasteiger partial charge < -0.3 is 21.7 Å². The van der Waals surface area contributed by atoms with E-state index in [0.717, 1.165) is 68.2 Å². The van der Waals surface area contributed by atoms with Crippen molar-refractivity contribution in [2.75, 3.05) is 42.5 Å². The predicted octanol–water partition coefficient (Wildman–Crippen LogP) is 2.29.